The summed E-state index contributed by atoms with van der Waals surface area (Å²) in [5, 5.41) is 0. The summed E-state index contributed by atoms with van der Waals surface area (Å²) in [4.78, 5) is 4.84. The van der Waals surface area contributed by atoms with Crippen LogP contribution in [0.15, 0.2) is 18.2 Å². The molecule has 2 heterocycles. The van der Waals surface area contributed by atoms with E-state index in [2.05, 4.69) is 15.9 Å². The summed E-state index contributed by atoms with van der Waals surface area (Å²) in [5.41, 5.74) is 2.10. The van der Waals surface area contributed by atoms with Crippen molar-refractivity contribution in [3.63, 3.8) is 0 Å². The van der Waals surface area contributed by atoms with Gasteiger partial charge in [-0.05, 0) is 37.6 Å². The van der Waals surface area contributed by atoms with Crippen LogP contribution in [0.4, 0.5) is 4.39 Å². The van der Waals surface area contributed by atoms with Gasteiger partial charge in [-0.25, -0.2) is 4.39 Å². The largest absolute Gasteiger partial charge is 0.379 e. The third-order valence-electron chi connectivity index (χ3n) is 4.35. The number of ether oxygens (including phenoxy) is 1. The van der Waals surface area contributed by atoms with E-state index in [4.69, 9.17) is 4.74 Å². The van der Waals surface area contributed by atoms with Crippen molar-refractivity contribution in [2.45, 2.75) is 19.4 Å². The molecule has 1 saturated heterocycles. The van der Waals surface area contributed by atoms with E-state index >= 15 is 0 Å². The van der Waals surface area contributed by atoms with Gasteiger partial charge in [-0.1, -0.05) is 12.1 Å². The molecule has 3 rings (SSSR count). The average Bonchev–Trinajstić information content (AvgIpc) is 2.49. The molecule has 0 aliphatic carbocycles. The van der Waals surface area contributed by atoms with Gasteiger partial charge in [0.25, 0.3) is 0 Å². The van der Waals surface area contributed by atoms with E-state index in [1.165, 1.54) is 5.56 Å². The topological polar surface area (TPSA) is 15.7 Å². The van der Waals surface area contributed by atoms with Crippen molar-refractivity contribution in [3.8, 4) is 0 Å². The van der Waals surface area contributed by atoms with Crippen LogP contribution in [0.1, 0.15) is 17.5 Å². The Kier molecular flexibility index (Phi) is 4.65. The maximum atomic E-state index is 13.8. The molecule has 2 aliphatic rings. The SMILES string of the molecule is Fc1cccc2c1CN(CCCN1CCOCC1)CC2. The van der Waals surface area contributed by atoms with Gasteiger partial charge in [0.2, 0.25) is 0 Å². The van der Waals surface area contributed by atoms with Crippen LogP contribution < -0.4 is 0 Å². The summed E-state index contributed by atoms with van der Waals surface area (Å²) in [5.74, 6) is -0.0413. The fraction of sp³-hybridized carbons (Fsp3) is 0.625. The van der Waals surface area contributed by atoms with Crippen LogP contribution in [0.25, 0.3) is 0 Å². The third-order valence-corrected chi connectivity index (χ3v) is 4.35. The van der Waals surface area contributed by atoms with Crippen LogP contribution in [-0.4, -0.2) is 55.7 Å². The zero-order valence-electron chi connectivity index (χ0n) is 12.0. The predicted molar refractivity (Wildman–Crippen MR) is 77.3 cm³/mol. The maximum absolute atomic E-state index is 13.8. The standard InChI is InChI=1S/C16H23FN2O/c17-16-4-1-3-14-5-8-19(13-15(14)16)7-2-6-18-9-11-20-12-10-18/h1,3-4H,2,5-13H2. The summed E-state index contributed by atoms with van der Waals surface area (Å²) in [6.07, 6.45) is 2.13. The Morgan fingerprint density at radius 3 is 2.70 bits per heavy atom. The number of hydrogen-bond acceptors (Lipinski definition) is 3. The van der Waals surface area contributed by atoms with Crippen LogP contribution >= 0.6 is 0 Å². The van der Waals surface area contributed by atoms with Gasteiger partial charge in [0, 0.05) is 31.7 Å². The number of halogens is 1. The average molecular weight is 278 g/mol. The second-order valence-corrected chi connectivity index (χ2v) is 5.71. The Bertz CT molecular complexity index is 446. The van der Waals surface area contributed by atoms with Crippen LogP contribution in [-0.2, 0) is 17.7 Å². The smallest absolute Gasteiger partial charge is 0.127 e. The van der Waals surface area contributed by atoms with E-state index < -0.39 is 0 Å². The van der Waals surface area contributed by atoms with E-state index in [0.29, 0.717) is 0 Å². The molecule has 20 heavy (non-hydrogen) atoms. The van der Waals surface area contributed by atoms with Gasteiger partial charge < -0.3 is 4.74 Å². The molecule has 110 valence electrons. The van der Waals surface area contributed by atoms with Crippen LogP contribution in [0, 0.1) is 5.82 Å². The lowest BCUT2D eigenvalue weighted by atomic mass is 9.99. The highest BCUT2D eigenvalue weighted by Gasteiger charge is 2.19. The van der Waals surface area contributed by atoms with Crippen LogP contribution in [0.5, 0.6) is 0 Å². The van der Waals surface area contributed by atoms with Crippen molar-refractivity contribution in [1.29, 1.82) is 0 Å². The first kappa shape index (κ1) is 14.0. The molecule has 1 fully saturated rings. The first-order chi connectivity index (χ1) is 9.83. The lowest BCUT2D eigenvalue weighted by Gasteiger charge is -2.31. The molecule has 0 spiro atoms. The molecule has 0 amide bonds. The zero-order chi connectivity index (χ0) is 13.8. The summed E-state index contributed by atoms with van der Waals surface area (Å²) in [6, 6.07) is 5.46. The number of hydrogen-bond donors (Lipinski definition) is 0. The lowest BCUT2D eigenvalue weighted by Crippen LogP contribution is -2.39. The molecule has 0 unspecified atom stereocenters. The van der Waals surface area contributed by atoms with Crippen molar-refractivity contribution in [2.75, 3.05) is 45.9 Å². The molecule has 0 saturated carbocycles. The number of morpholine rings is 1. The van der Waals surface area contributed by atoms with Crippen LogP contribution in [0.3, 0.4) is 0 Å². The van der Waals surface area contributed by atoms with Crippen molar-refractivity contribution >= 4 is 0 Å². The van der Waals surface area contributed by atoms with Crippen molar-refractivity contribution < 1.29 is 9.13 Å². The summed E-state index contributed by atoms with van der Waals surface area (Å²) < 4.78 is 19.2. The van der Waals surface area contributed by atoms with E-state index in [1.807, 2.05) is 6.07 Å². The van der Waals surface area contributed by atoms with Gasteiger partial charge in [0.15, 0.2) is 0 Å². The first-order valence-corrected chi connectivity index (χ1v) is 7.61. The van der Waals surface area contributed by atoms with Gasteiger partial charge in [0.05, 0.1) is 13.2 Å². The molecule has 2 aliphatic heterocycles. The predicted octanol–water partition coefficient (Wildman–Crippen LogP) is 1.91. The fourth-order valence-corrected chi connectivity index (χ4v) is 3.13. The zero-order valence-corrected chi connectivity index (χ0v) is 12.0. The number of fused-ring (bicyclic) bond motifs is 1. The highest BCUT2D eigenvalue weighted by atomic mass is 19.1. The third kappa shape index (κ3) is 3.37. The fourth-order valence-electron chi connectivity index (χ4n) is 3.13. The highest BCUT2D eigenvalue weighted by molar-refractivity contribution is 5.30. The van der Waals surface area contributed by atoms with Gasteiger partial charge in [-0.2, -0.15) is 0 Å². The second kappa shape index (κ2) is 6.66. The minimum atomic E-state index is -0.0413. The van der Waals surface area contributed by atoms with E-state index in [-0.39, 0.29) is 5.82 Å². The monoisotopic (exact) mass is 278 g/mol. The van der Waals surface area contributed by atoms with Gasteiger partial charge in [-0.3, -0.25) is 9.80 Å². The molecule has 3 nitrogen and oxygen atoms in total. The van der Waals surface area contributed by atoms with Crippen molar-refractivity contribution in [2.24, 2.45) is 0 Å². The second-order valence-electron chi connectivity index (χ2n) is 5.71. The number of benzene rings is 1. The molecule has 0 aromatic heterocycles. The summed E-state index contributed by atoms with van der Waals surface area (Å²) in [7, 11) is 0. The molecule has 0 bridgehead atoms. The molecule has 0 atom stereocenters. The Hall–Kier alpha value is -0.970. The molecule has 1 aromatic rings. The van der Waals surface area contributed by atoms with Crippen LogP contribution in [0.2, 0.25) is 0 Å². The summed E-state index contributed by atoms with van der Waals surface area (Å²) in [6.45, 7) is 7.85. The van der Waals surface area contributed by atoms with Crippen molar-refractivity contribution in [1.82, 2.24) is 9.80 Å². The Morgan fingerprint density at radius 1 is 1.05 bits per heavy atom. The molecule has 0 radical (unpaired) electrons. The molecular weight excluding hydrogens is 255 g/mol. The number of rotatable bonds is 4. The van der Waals surface area contributed by atoms with E-state index in [1.54, 1.807) is 6.07 Å². The Labute approximate surface area is 120 Å². The lowest BCUT2D eigenvalue weighted by molar-refractivity contribution is 0.0359. The molecule has 1 aromatic carbocycles. The first-order valence-electron chi connectivity index (χ1n) is 7.61. The van der Waals surface area contributed by atoms with Gasteiger partial charge in [0.1, 0.15) is 5.82 Å². The highest BCUT2D eigenvalue weighted by Crippen LogP contribution is 2.21. The molecular formula is C16H23FN2O. The minimum absolute atomic E-state index is 0.0413. The van der Waals surface area contributed by atoms with E-state index in [9.17, 15) is 4.39 Å². The number of nitrogens with zero attached hydrogens (tertiary/aromatic N) is 2. The molecule has 0 N–H and O–H groups in total. The van der Waals surface area contributed by atoms with Crippen molar-refractivity contribution in [3.05, 3.63) is 35.1 Å². The maximum Gasteiger partial charge on any atom is 0.127 e. The van der Waals surface area contributed by atoms with Gasteiger partial charge in [-0.15, -0.1) is 0 Å². The summed E-state index contributed by atoms with van der Waals surface area (Å²) >= 11 is 0. The normalized spacial score (nSPS) is 20.9. The minimum Gasteiger partial charge on any atom is -0.379 e. The van der Waals surface area contributed by atoms with Gasteiger partial charge >= 0.3 is 0 Å². The Balaban J connectivity index is 1.46. The quantitative estimate of drug-likeness (QED) is 0.837. The Morgan fingerprint density at radius 2 is 1.85 bits per heavy atom. The molecule has 4 heteroatoms. The van der Waals surface area contributed by atoms with E-state index in [0.717, 1.165) is 70.9 Å².